The molecule has 0 fully saturated rings. The van der Waals surface area contributed by atoms with Gasteiger partial charge in [-0.3, -0.25) is 0 Å². The summed E-state index contributed by atoms with van der Waals surface area (Å²) in [5.74, 6) is 0. The quantitative estimate of drug-likeness (QED) is 0.761. The predicted molar refractivity (Wildman–Crippen MR) is 51.4 cm³/mol. The standard InChI is InChI=1S/C8H12ClNS/c1-5(10)3-7-4-6(2)11-8(7)9/h4-5H,3,10H2,1-2H3. The predicted octanol–water partition coefficient (Wildman–Crippen LogP) is 2.60. The van der Waals surface area contributed by atoms with Crippen molar-refractivity contribution in [3.8, 4) is 0 Å². The SMILES string of the molecule is Cc1cc(CC(C)N)c(Cl)s1. The van der Waals surface area contributed by atoms with Crippen LogP contribution in [0, 0.1) is 6.92 Å². The summed E-state index contributed by atoms with van der Waals surface area (Å²) >= 11 is 7.57. The fraction of sp³-hybridized carbons (Fsp3) is 0.500. The highest BCUT2D eigenvalue weighted by Crippen LogP contribution is 2.27. The van der Waals surface area contributed by atoms with Gasteiger partial charge in [-0.1, -0.05) is 11.6 Å². The number of hydrogen-bond acceptors (Lipinski definition) is 2. The molecule has 0 aliphatic heterocycles. The molecule has 1 aromatic heterocycles. The Morgan fingerprint density at radius 2 is 2.36 bits per heavy atom. The van der Waals surface area contributed by atoms with E-state index in [0.717, 1.165) is 10.8 Å². The molecule has 1 atom stereocenters. The van der Waals surface area contributed by atoms with Crippen molar-refractivity contribution in [1.82, 2.24) is 0 Å². The van der Waals surface area contributed by atoms with E-state index < -0.39 is 0 Å². The van der Waals surface area contributed by atoms with Crippen LogP contribution in [0.1, 0.15) is 17.4 Å². The zero-order valence-electron chi connectivity index (χ0n) is 6.73. The molecule has 2 N–H and O–H groups in total. The van der Waals surface area contributed by atoms with E-state index in [0.29, 0.717) is 0 Å². The maximum atomic E-state index is 5.95. The van der Waals surface area contributed by atoms with Gasteiger partial charge in [-0.2, -0.15) is 0 Å². The molecular formula is C8H12ClNS. The third-order valence-electron chi connectivity index (χ3n) is 1.42. The maximum absolute atomic E-state index is 5.95. The molecule has 0 spiro atoms. The van der Waals surface area contributed by atoms with Crippen LogP contribution in [0.25, 0.3) is 0 Å². The third-order valence-corrected chi connectivity index (χ3v) is 2.78. The van der Waals surface area contributed by atoms with Crippen LogP contribution in [-0.4, -0.2) is 6.04 Å². The molecule has 11 heavy (non-hydrogen) atoms. The summed E-state index contributed by atoms with van der Waals surface area (Å²) in [4.78, 5) is 1.26. The van der Waals surface area contributed by atoms with E-state index in [2.05, 4.69) is 13.0 Å². The normalized spacial score (nSPS) is 13.5. The first-order valence-electron chi connectivity index (χ1n) is 3.60. The van der Waals surface area contributed by atoms with Crippen molar-refractivity contribution in [2.24, 2.45) is 5.73 Å². The minimum Gasteiger partial charge on any atom is -0.328 e. The average molecular weight is 190 g/mol. The fourth-order valence-electron chi connectivity index (χ4n) is 1.02. The van der Waals surface area contributed by atoms with E-state index in [4.69, 9.17) is 17.3 Å². The Morgan fingerprint density at radius 1 is 1.73 bits per heavy atom. The van der Waals surface area contributed by atoms with Gasteiger partial charge in [0.1, 0.15) is 0 Å². The molecule has 1 rings (SSSR count). The van der Waals surface area contributed by atoms with Crippen molar-refractivity contribution in [3.63, 3.8) is 0 Å². The highest BCUT2D eigenvalue weighted by atomic mass is 35.5. The number of thiophene rings is 1. The summed E-state index contributed by atoms with van der Waals surface area (Å²) in [5.41, 5.74) is 6.83. The van der Waals surface area contributed by atoms with Gasteiger partial charge >= 0.3 is 0 Å². The summed E-state index contributed by atoms with van der Waals surface area (Å²) in [5, 5.41) is 0. The van der Waals surface area contributed by atoms with E-state index in [1.54, 1.807) is 11.3 Å². The molecule has 3 heteroatoms. The summed E-state index contributed by atoms with van der Waals surface area (Å²) in [6.45, 7) is 4.05. The molecule has 0 saturated heterocycles. The molecule has 1 aromatic rings. The molecule has 1 nitrogen and oxygen atoms in total. The van der Waals surface area contributed by atoms with Crippen molar-refractivity contribution in [3.05, 3.63) is 20.8 Å². The number of hydrogen-bond donors (Lipinski definition) is 1. The van der Waals surface area contributed by atoms with Crippen LogP contribution in [0.5, 0.6) is 0 Å². The van der Waals surface area contributed by atoms with Gasteiger partial charge in [-0.05, 0) is 31.9 Å². The molecular weight excluding hydrogens is 178 g/mol. The van der Waals surface area contributed by atoms with Crippen molar-refractivity contribution >= 4 is 22.9 Å². The van der Waals surface area contributed by atoms with Gasteiger partial charge in [0.25, 0.3) is 0 Å². The van der Waals surface area contributed by atoms with Crippen LogP contribution in [0.4, 0.5) is 0 Å². The van der Waals surface area contributed by atoms with Gasteiger partial charge in [-0.25, -0.2) is 0 Å². The average Bonchev–Trinajstić information content (AvgIpc) is 2.09. The number of halogens is 1. The lowest BCUT2D eigenvalue weighted by Gasteiger charge is -2.01. The zero-order chi connectivity index (χ0) is 8.43. The van der Waals surface area contributed by atoms with Crippen LogP contribution < -0.4 is 5.73 Å². The molecule has 0 aliphatic rings. The molecule has 0 amide bonds. The van der Waals surface area contributed by atoms with E-state index >= 15 is 0 Å². The summed E-state index contributed by atoms with van der Waals surface area (Å²) < 4.78 is 0.889. The Labute approximate surface area is 76.2 Å². The lowest BCUT2D eigenvalue weighted by Crippen LogP contribution is -2.17. The van der Waals surface area contributed by atoms with Gasteiger partial charge in [0.05, 0.1) is 4.34 Å². The van der Waals surface area contributed by atoms with E-state index in [1.807, 2.05) is 6.92 Å². The Hall–Kier alpha value is -0.0500. The van der Waals surface area contributed by atoms with Gasteiger partial charge in [0.15, 0.2) is 0 Å². The van der Waals surface area contributed by atoms with E-state index in [9.17, 15) is 0 Å². The summed E-state index contributed by atoms with van der Waals surface area (Å²) in [6, 6.07) is 2.30. The van der Waals surface area contributed by atoms with E-state index in [1.165, 1.54) is 10.4 Å². The summed E-state index contributed by atoms with van der Waals surface area (Å²) in [7, 11) is 0. The van der Waals surface area contributed by atoms with Crippen molar-refractivity contribution in [2.75, 3.05) is 0 Å². The molecule has 0 bridgehead atoms. The smallest absolute Gasteiger partial charge is 0.0963 e. The largest absolute Gasteiger partial charge is 0.328 e. The van der Waals surface area contributed by atoms with Crippen molar-refractivity contribution in [1.29, 1.82) is 0 Å². The third kappa shape index (κ3) is 2.47. The monoisotopic (exact) mass is 189 g/mol. The Morgan fingerprint density at radius 3 is 2.73 bits per heavy atom. The number of aryl methyl sites for hydroxylation is 1. The molecule has 0 aromatic carbocycles. The van der Waals surface area contributed by atoms with Crippen LogP contribution in [0.3, 0.4) is 0 Å². The van der Waals surface area contributed by atoms with Crippen molar-refractivity contribution in [2.45, 2.75) is 26.3 Å². The second-order valence-electron chi connectivity index (χ2n) is 2.84. The van der Waals surface area contributed by atoms with Crippen LogP contribution in [-0.2, 0) is 6.42 Å². The van der Waals surface area contributed by atoms with Crippen molar-refractivity contribution < 1.29 is 0 Å². The van der Waals surface area contributed by atoms with Gasteiger partial charge in [0, 0.05) is 10.9 Å². The van der Waals surface area contributed by atoms with Gasteiger partial charge in [0.2, 0.25) is 0 Å². The first kappa shape index (κ1) is 9.04. The molecule has 0 aliphatic carbocycles. The first-order valence-corrected chi connectivity index (χ1v) is 4.79. The fourth-order valence-corrected chi connectivity index (χ4v) is 2.28. The topological polar surface area (TPSA) is 26.0 Å². The highest BCUT2D eigenvalue weighted by Gasteiger charge is 2.05. The number of nitrogens with two attached hydrogens (primary N) is 1. The Kier molecular flexibility index (Phi) is 2.93. The lowest BCUT2D eigenvalue weighted by atomic mass is 10.1. The Balaban J connectivity index is 2.77. The minimum atomic E-state index is 0.196. The first-order chi connectivity index (χ1) is 5.09. The minimum absolute atomic E-state index is 0.196. The Bertz CT molecular complexity index is 242. The van der Waals surface area contributed by atoms with Gasteiger partial charge < -0.3 is 5.73 Å². The maximum Gasteiger partial charge on any atom is 0.0963 e. The zero-order valence-corrected chi connectivity index (χ0v) is 8.30. The molecule has 1 unspecified atom stereocenters. The molecule has 0 saturated carbocycles. The number of rotatable bonds is 2. The second-order valence-corrected chi connectivity index (χ2v) is 4.70. The molecule has 1 heterocycles. The van der Waals surface area contributed by atoms with Crippen LogP contribution in [0.15, 0.2) is 6.07 Å². The van der Waals surface area contributed by atoms with Crippen LogP contribution in [0.2, 0.25) is 4.34 Å². The van der Waals surface area contributed by atoms with Gasteiger partial charge in [-0.15, -0.1) is 11.3 Å². The van der Waals surface area contributed by atoms with Crippen LogP contribution >= 0.6 is 22.9 Å². The second kappa shape index (κ2) is 3.57. The molecule has 0 radical (unpaired) electrons. The lowest BCUT2D eigenvalue weighted by molar-refractivity contribution is 0.740. The highest BCUT2D eigenvalue weighted by molar-refractivity contribution is 7.16. The van der Waals surface area contributed by atoms with E-state index in [-0.39, 0.29) is 6.04 Å². The summed E-state index contributed by atoms with van der Waals surface area (Å²) in [6.07, 6.45) is 0.878. The molecule has 62 valence electrons.